The number of nitrogens with zero attached hydrogens (tertiary/aromatic N) is 9. The van der Waals surface area contributed by atoms with Crippen molar-refractivity contribution in [1.29, 1.82) is 0 Å². The fraction of sp³-hybridized carbons (Fsp3) is 0.0200. The predicted octanol–water partition coefficient (Wildman–Crippen LogP) is 23.2. The summed E-state index contributed by atoms with van der Waals surface area (Å²) in [5.74, 6) is 3.25. The maximum atomic E-state index is 12.0. The van der Waals surface area contributed by atoms with Gasteiger partial charge in [-0.2, -0.15) is 10.2 Å². The number of pyridine rings is 5. The minimum Gasteiger partial charge on any atom is -0.478 e. The van der Waals surface area contributed by atoms with Crippen molar-refractivity contribution in [3.05, 3.63) is 366 Å². The van der Waals surface area contributed by atoms with E-state index < -0.39 is 5.97 Å². The highest BCUT2D eigenvalue weighted by molar-refractivity contribution is 6.04. The average molecular weight is 1660 g/mol. The Bertz CT molecular complexity index is 7370. The molecule has 0 spiro atoms. The molecule has 8 N–H and O–H groups in total. The number of H-pyrrole nitrogens is 7. The molecule has 0 saturated heterocycles. The van der Waals surface area contributed by atoms with Crippen molar-refractivity contribution in [2.75, 3.05) is 7.11 Å². The Kier molecular flexibility index (Phi) is 22.8. The van der Waals surface area contributed by atoms with Gasteiger partial charge in [0, 0.05) is 190 Å². The number of furan rings is 2. The number of rotatable bonds is 18. The molecule has 0 amide bonds. The lowest BCUT2D eigenvalue weighted by Crippen LogP contribution is -2.03. The van der Waals surface area contributed by atoms with Gasteiger partial charge < -0.3 is 57.5 Å². The van der Waals surface area contributed by atoms with Crippen LogP contribution in [0.2, 0.25) is 0 Å². The monoisotopic (exact) mass is 1660 g/mol. The molecule has 0 fully saturated rings. The number of nitrogens with one attached hydrogen (secondary N) is 7. The zero-order valence-electron chi connectivity index (χ0n) is 67.1. The number of fused-ring (bicyclic) bond motifs is 5. The highest BCUT2D eigenvalue weighted by atomic mass is 16.5. The van der Waals surface area contributed by atoms with Gasteiger partial charge in [-0.1, -0.05) is 140 Å². The smallest absolute Gasteiger partial charge is 0.338 e. The van der Waals surface area contributed by atoms with Gasteiger partial charge in [0.15, 0.2) is 23.8 Å². The van der Waals surface area contributed by atoms with E-state index in [1.165, 1.54) is 19.8 Å². The summed E-state index contributed by atoms with van der Waals surface area (Å²) in [5, 5.41) is 27.5. The number of methoxy groups -OCH3 is 1. The van der Waals surface area contributed by atoms with Crippen molar-refractivity contribution >= 4 is 79.0 Å². The number of hydrogen-bond acceptors (Lipinski definition) is 18. The molecule has 126 heavy (non-hydrogen) atoms. The Labute approximate surface area is 716 Å². The van der Waals surface area contributed by atoms with Crippen LogP contribution in [-0.2, 0) is 9.53 Å². The third kappa shape index (κ3) is 17.2. The van der Waals surface area contributed by atoms with Crippen LogP contribution in [0, 0.1) is 0 Å². The fourth-order valence-electron chi connectivity index (χ4n) is 14.7. The van der Waals surface area contributed by atoms with Crippen LogP contribution in [-0.4, -0.2) is 110 Å². The number of para-hydroxylation sites is 4. The van der Waals surface area contributed by atoms with Gasteiger partial charge in [0.05, 0.1) is 50.1 Å². The molecule has 15 aromatic heterocycles. The highest BCUT2D eigenvalue weighted by Gasteiger charge is 2.21. The molecular weight excluding hydrogens is 1590 g/mol. The summed E-state index contributed by atoms with van der Waals surface area (Å²) in [6.45, 7) is 1.57. The molecule has 0 bridgehead atoms. The zero-order valence-corrected chi connectivity index (χ0v) is 67.1. The van der Waals surface area contributed by atoms with Crippen molar-refractivity contribution in [3.63, 3.8) is 0 Å². The molecule has 26 heteroatoms. The van der Waals surface area contributed by atoms with E-state index in [2.05, 4.69) is 98.4 Å². The maximum absolute atomic E-state index is 12.0. The van der Waals surface area contributed by atoms with E-state index in [1.54, 1.807) is 68.9 Å². The first-order chi connectivity index (χ1) is 62.0. The van der Waals surface area contributed by atoms with E-state index in [0.717, 1.165) is 190 Å². The number of aromatic amines is 7. The second-order valence-electron chi connectivity index (χ2n) is 28.5. The highest BCUT2D eigenvalue weighted by Crippen LogP contribution is 2.41. The van der Waals surface area contributed by atoms with Crippen LogP contribution in [0.15, 0.2) is 362 Å². The number of ketones is 1. The number of benzene rings is 7. The number of carboxylic acid groups (broad SMARTS) is 1. The number of ether oxygens (including phenoxy) is 3. The first kappa shape index (κ1) is 79.2. The number of Topliss-reactive ketones (excluding diaryl/α,β-unsaturated/α-hetero) is 1. The average Bonchev–Trinajstić information content (AvgIpc) is 1.64. The summed E-state index contributed by atoms with van der Waals surface area (Å²) < 4.78 is 32.8. The SMILES string of the molecule is CC(=O)c1ccccc1-c1cnc2[nH]cc(-c3cnco3)c2c1.COC(=O)c1ccccc1-c1cnc2[nH]cc(-c3ccoc3)c2c1.O=C(O)/C=C/c1ccccc1-c1cnc2[nH]cc(-c3ccoc3)c2c1.c1ccc(Oc2ccccc2-c2cnc3[nH]cc(-c4cn[nH]c4)c3c2)cc1.c1ccc(Oc2ccccc2-c2cnc3[nH]cc(-c4ncn[nH]4)c3c2)cc1. The Morgan fingerprint density at radius 1 is 0.389 bits per heavy atom. The Hall–Kier alpha value is -17.9. The third-order valence-electron chi connectivity index (χ3n) is 20.8. The summed E-state index contributed by atoms with van der Waals surface area (Å²) >= 11 is 0. The summed E-state index contributed by atoms with van der Waals surface area (Å²) in [4.78, 5) is 81.3. The van der Waals surface area contributed by atoms with E-state index in [1.807, 2.05) is 256 Å². The number of oxazole rings is 1. The van der Waals surface area contributed by atoms with Gasteiger partial charge in [-0.25, -0.2) is 44.5 Å². The van der Waals surface area contributed by atoms with Crippen molar-refractivity contribution in [1.82, 2.24) is 80.2 Å². The Balaban J connectivity index is 0.000000107. The first-order valence-corrected chi connectivity index (χ1v) is 39.6. The largest absolute Gasteiger partial charge is 0.478 e. The molecule has 0 aliphatic rings. The van der Waals surface area contributed by atoms with Gasteiger partial charge in [0.25, 0.3) is 0 Å². The van der Waals surface area contributed by atoms with Crippen LogP contribution in [0.5, 0.6) is 23.0 Å². The van der Waals surface area contributed by atoms with E-state index in [9.17, 15) is 14.4 Å². The van der Waals surface area contributed by atoms with E-state index in [4.69, 9.17) is 32.6 Å². The third-order valence-corrected chi connectivity index (χ3v) is 20.8. The summed E-state index contributed by atoms with van der Waals surface area (Å²) in [7, 11) is 1.38. The number of carbonyl (C=O) groups is 3. The van der Waals surface area contributed by atoms with Gasteiger partial charge >= 0.3 is 11.9 Å². The van der Waals surface area contributed by atoms with E-state index >= 15 is 0 Å². The minimum atomic E-state index is -0.976. The molecule has 612 valence electrons. The van der Waals surface area contributed by atoms with Crippen LogP contribution in [0.4, 0.5) is 0 Å². The van der Waals surface area contributed by atoms with Gasteiger partial charge in [-0.05, 0) is 120 Å². The van der Waals surface area contributed by atoms with Gasteiger partial charge in [0.1, 0.15) is 57.6 Å². The summed E-state index contributed by atoms with van der Waals surface area (Å²) in [6.07, 6.45) is 36.1. The topological polar surface area (TPSA) is 365 Å². The summed E-state index contributed by atoms with van der Waals surface area (Å²) in [6, 6.07) is 72.1. The van der Waals surface area contributed by atoms with Crippen molar-refractivity contribution in [2.24, 2.45) is 0 Å². The van der Waals surface area contributed by atoms with Crippen LogP contribution >= 0.6 is 0 Å². The van der Waals surface area contributed by atoms with Crippen molar-refractivity contribution in [2.45, 2.75) is 6.92 Å². The van der Waals surface area contributed by atoms with Crippen LogP contribution < -0.4 is 9.47 Å². The molecule has 0 aliphatic carbocycles. The second-order valence-corrected chi connectivity index (χ2v) is 28.5. The number of carbonyl (C=O) groups excluding carboxylic acids is 2. The molecule has 0 saturated carbocycles. The molecule has 15 heterocycles. The van der Waals surface area contributed by atoms with Crippen molar-refractivity contribution in [3.8, 4) is 135 Å². The lowest BCUT2D eigenvalue weighted by atomic mass is 9.98. The lowest BCUT2D eigenvalue weighted by molar-refractivity contribution is -0.131. The molecule has 0 radical (unpaired) electrons. The number of esters is 1. The second kappa shape index (κ2) is 36.3. The van der Waals surface area contributed by atoms with E-state index in [0.29, 0.717) is 22.7 Å². The Morgan fingerprint density at radius 3 is 1.26 bits per heavy atom. The molecule has 22 rings (SSSR count). The normalized spacial score (nSPS) is 11.0. The Morgan fingerprint density at radius 2 is 0.810 bits per heavy atom. The molecule has 22 aromatic rings. The fourth-order valence-corrected chi connectivity index (χ4v) is 14.7. The number of aromatic nitrogens is 16. The predicted molar refractivity (Wildman–Crippen MR) is 483 cm³/mol. The van der Waals surface area contributed by atoms with E-state index in [-0.39, 0.29) is 11.8 Å². The van der Waals surface area contributed by atoms with Crippen LogP contribution in [0.25, 0.3) is 173 Å². The molecule has 0 aliphatic heterocycles. The maximum Gasteiger partial charge on any atom is 0.338 e. The standard InChI is InChI=1S/C22H16N4O.C21H15N5O.C20H14N2O3.C19H14N2O3.C18H13N3O2/c1-2-6-17(7-3-1)27-21-9-5-4-8-18(21)15-10-19-20(16-12-25-26-13-16)14-24-22(19)23-11-15;1-2-6-15(7-3-1)27-19-9-5-4-8-16(19)14-10-17-18(21-24-13-25-26-21)12-23-20(17)22-11-14;23-19(24)6-5-13-3-1-2-4-16(13)15-9-17-18(14-7-8-25-12-14)11-22-20(17)21-10-15;1-23-19(22)15-5-3-2-4-14(15)13-8-16-17(12-6-7-24-11-12)10-21-18(16)20-9-13;1-11(22)13-4-2-3-5-14(13)12-6-15-16(17-9-19-10-23-17)8-21-18(15)20-7-12/h1-14H,(H,23,24)(H,25,26);1-13H,(H,22,23)(H,24,25,26);1-12H,(H,21,22)(H,23,24);2-11H,1H3,(H,20,21);2-10H,1H3,(H,20,21)/b;;6-5+;;. The van der Waals surface area contributed by atoms with Crippen LogP contribution in [0.3, 0.4) is 0 Å². The summed E-state index contributed by atoms with van der Waals surface area (Å²) in [5.41, 5.74) is 23.1. The number of hydrogen-bond donors (Lipinski definition) is 8. The number of aliphatic carboxylic acids is 1. The molecule has 26 nitrogen and oxygen atoms in total. The molecular formula is C100H72N16O10. The number of carboxylic acids is 1. The molecule has 7 aromatic carbocycles. The van der Waals surface area contributed by atoms with Crippen molar-refractivity contribution < 1.29 is 47.0 Å². The van der Waals surface area contributed by atoms with Gasteiger partial charge in [0.2, 0.25) is 0 Å². The van der Waals surface area contributed by atoms with Gasteiger partial charge in [-0.3, -0.25) is 15.0 Å². The minimum absolute atomic E-state index is 0.0326. The quantitative estimate of drug-likeness (QED) is 0.0225. The molecule has 0 atom stereocenters. The zero-order chi connectivity index (χ0) is 85.7. The molecule has 0 unspecified atom stereocenters. The lowest BCUT2D eigenvalue weighted by Gasteiger charge is -2.11. The first-order valence-electron chi connectivity index (χ1n) is 39.6. The van der Waals surface area contributed by atoms with Gasteiger partial charge in [-0.15, -0.1) is 0 Å². The van der Waals surface area contributed by atoms with Crippen LogP contribution in [0.1, 0.15) is 33.2 Å².